The van der Waals surface area contributed by atoms with Crippen molar-refractivity contribution in [2.24, 2.45) is 5.92 Å². The minimum absolute atomic E-state index is 0.0933. The van der Waals surface area contributed by atoms with Crippen LogP contribution in [0.1, 0.15) is 56.6 Å². The van der Waals surface area contributed by atoms with Crippen LogP contribution in [0.15, 0.2) is 36.5 Å². The fourth-order valence-electron chi connectivity index (χ4n) is 3.08. The largest absolute Gasteiger partial charge is 0.341 e. The zero-order chi connectivity index (χ0) is 18.7. The number of carbonyl (C=O) groups excluding carboxylic acids is 1. The van der Waals surface area contributed by atoms with Crippen molar-refractivity contribution in [1.29, 1.82) is 0 Å². The van der Waals surface area contributed by atoms with Crippen LogP contribution < -0.4 is 10.2 Å². The van der Waals surface area contributed by atoms with Crippen LogP contribution in [0.2, 0.25) is 0 Å². The van der Waals surface area contributed by atoms with Crippen molar-refractivity contribution in [3.63, 3.8) is 0 Å². The number of amides is 1. The Morgan fingerprint density at radius 3 is 2.38 bits per heavy atom. The summed E-state index contributed by atoms with van der Waals surface area (Å²) in [4.78, 5) is 23.6. The van der Waals surface area contributed by atoms with E-state index >= 15 is 0 Å². The number of nitrogens with one attached hydrogen (secondary N) is 1. The lowest BCUT2D eigenvalue weighted by Gasteiger charge is -2.30. The van der Waals surface area contributed by atoms with Gasteiger partial charge in [0.1, 0.15) is 5.69 Å². The van der Waals surface area contributed by atoms with Gasteiger partial charge in [0.05, 0.1) is 0 Å². The van der Waals surface area contributed by atoms with E-state index in [1.54, 1.807) is 12.3 Å². The molecule has 26 heavy (non-hydrogen) atoms. The normalized spacial score (nSPS) is 15.8. The number of anilines is 2. The average molecular weight is 352 g/mol. The number of piperidine rings is 1. The summed E-state index contributed by atoms with van der Waals surface area (Å²) in [5, 5.41) is 2.93. The van der Waals surface area contributed by atoms with Gasteiger partial charge < -0.3 is 10.2 Å². The molecule has 0 bridgehead atoms. The summed E-state index contributed by atoms with van der Waals surface area (Å²) in [5.41, 5.74) is 2.50. The number of hydrogen-bond acceptors (Lipinski definition) is 4. The van der Waals surface area contributed by atoms with Crippen LogP contribution >= 0.6 is 0 Å². The van der Waals surface area contributed by atoms with E-state index in [-0.39, 0.29) is 11.3 Å². The van der Waals surface area contributed by atoms with E-state index < -0.39 is 0 Å². The van der Waals surface area contributed by atoms with E-state index in [0.717, 1.165) is 37.5 Å². The highest BCUT2D eigenvalue weighted by atomic mass is 16.1. The number of aromatic nitrogens is 2. The Hall–Kier alpha value is -2.43. The summed E-state index contributed by atoms with van der Waals surface area (Å²) in [6.45, 7) is 10.7. The molecule has 0 aliphatic carbocycles. The molecule has 0 unspecified atom stereocenters. The van der Waals surface area contributed by atoms with Crippen LogP contribution in [-0.4, -0.2) is 29.0 Å². The molecule has 3 rings (SSSR count). The van der Waals surface area contributed by atoms with E-state index in [2.05, 4.69) is 60.0 Å². The second kappa shape index (κ2) is 7.44. The van der Waals surface area contributed by atoms with Crippen LogP contribution in [0, 0.1) is 5.92 Å². The van der Waals surface area contributed by atoms with Crippen molar-refractivity contribution in [3.05, 3.63) is 47.8 Å². The summed E-state index contributed by atoms with van der Waals surface area (Å²) >= 11 is 0. The second-order valence-electron chi connectivity index (χ2n) is 8.19. The fourth-order valence-corrected chi connectivity index (χ4v) is 3.08. The Bertz CT molecular complexity index is 756. The van der Waals surface area contributed by atoms with Gasteiger partial charge in [-0.3, -0.25) is 4.79 Å². The fraction of sp³-hybridized carbons (Fsp3) is 0.476. The molecule has 1 aliphatic rings. The Labute approximate surface area is 155 Å². The Morgan fingerprint density at radius 1 is 1.12 bits per heavy atom. The molecular formula is C21H28N4O. The highest BCUT2D eigenvalue weighted by molar-refractivity contribution is 6.02. The van der Waals surface area contributed by atoms with Gasteiger partial charge in [0, 0.05) is 25.0 Å². The first-order chi connectivity index (χ1) is 12.3. The van der Waals surface area contributed by atoms with E-state index in [1.807, 2.05) is 12.1 Å². The van der Waals surface area contributed by atoms with Crippen LogP contribution in [-0.2, 0) is 5.41 Å². The predicted octanol–water partition coefficient (Wildman–Crippen LogP) is 4.26. The molecule has 1 amide bonds. The second-order valence-corrected chi connectivity index (χ2v) is 8.19. The topological polar surface area (TPSA) is 58.1 Å². The van der Waals surface area contributed by atoms with Gasteiger partial charge in [-0.2, -0.15) is 0 Å². The van der Waals surface area contributed by atoms with E-state index in [0.29, 0.717) is 11.6 Å². The lowest BCUT2D eigenvalue weighted by molar-refractivity contribution is 0.102. The van der Waals surface area contributed by atoms with E-state index in [1.165, 1.54) is 5.56 Å². The number of rotatable bonds is 3. The molecule has 0 radical (unpaired) electrons. The monoisotopic (exact) mass is 352 g/mol. The van der Waals surface area contributed by atoms with Gasteiger partial charge in [0.2, 0.25) is 5.95 Å². The Morgan fingerprint density at radius 2 is 1.77 bits per heavy atom. The van der Waals surface area contributed by atoms with Gasteiger partial charge in [0.15, 0.2) is 0 Å². The molecule has 138 valence electrons. The maximum Gasteiger partial charge on any atom is 0.274 e. The highest BCUT2D eigenvalue weighted by Gasteiger charge is 2.19. The van der Waals surface area contributed by atoms with Crippen molar-refractivity contribution < 1.29 is 4.79 Å². The number of carbonyl (C=O) groups is 1. The van der Waals surface area contributed by atoms with Gasteiger partial charge in [0.25, 0.3) is 5.91 Å². The molecule has 2 aromatic rings. The van der Waals surface area contributed by atoms with Crippen molar-refractivity contribution in [2.75, 3.05) is 23.3 Å². The summed E-state index contributed by atoms with van der Waals surface area (Å²) in [7, 11) is 0. The third-order valence-corrected chi connectivity index (χ3v) is 4.95. The molecule has 0 spiro atoms. The molecule has 5 heteroatoms. The molecule has 1 saturated heterocycles. The molecule has 1 aliphatic heterocycles. The smallest absolute Gasteiger partial charge is 0.274 e. The van der Waals surface area contributed by atoms with Crippen molar-refractivity contribution in [1.82, 2.24) is 9.97 Å². The molecule has 1 aromatic heterocycles. The minimum atomic E-state index is -0.206. The van der Waals surface area contributed by atoms with Gasteiger partial charge in [-0.05, 0) is 47.9 Å². The molecule has 5 nitrogen and oxygen atoms in total. The quantitative estimate of drug-likeness (QED) is 0.896. The molecule has 1 N–H and O–H groups in total. The first-order valence-corrected chi connectivity index (χ1v) is 9.33. The maximum atomic E-state index is 12.6. The predicted molar refractivity (Wildman–Crippen MR) is 106 cm³/mol. The molecule has 0 atom stereocenters. The Kier molecular flexibility index (Phi) is 5.25. The highest BCUT2D eigenvalue weighted by Crippen LogP contribution is 2.24. The first-order valence-electron chi connectivity index (χ1n) is 9.33. The summed E-state index contributed by atoms with van der Waals surface area (Å²) < 4.78 is 0. The van der Waals surface area contributed by atoms with Gasteiger partial charge in [-0.25, -0.2) is 9.97 Å². The number of nitrogens with zero attached hydrogens (tertiary/aromatic N) is 3. The lowest BCUT2D eigenvalue weighted by Crippen LogP contribution is -2.34. The van der Waals surface area contributed by atoms with Crippen LogP contribution in [0.25, 0.3) is 0 Å². The first kappa shape index (κ1) is 18.4. The number of benzene rings is 1. The van der Waals surface area contributed by atoms with Crippen molar-refractivity contribution in [3.8, 4) is 0 Å². The molecule has 2 heterocycles. The maximum absolute atomic E-state index is 12.6. The van der Waals surface area contributed by atoms with E-state index in [4.69, 9.17) is 0 Å². The average Bonchev–Trinajstić information content (AvgIpc) is 2.62. The zero-order valence-electron chi connectivity index (χ0n) is 16.1. The zero-order valence-corrected chi connectivity index (χ0v) is 16.1. The molecular weight excluding hydrogens is 324 g/mol. The van der Waals surface area contributed by atoms with E-state index in [9.17, 15) is 4.79 Å². The standard InChI is InChI=1S/C21H28N4O/c1-15-10-13-25(14-11-15)20-22-12-9-18(24-20)19(26)23-17-7-5-16(6-8-17)21(2,3)4/h5-9,12,15H,10-11,13-14H2,1-4H3,(H,23,26). The SMILES string of the molecule is CC1CCN(c2nccc(C(=O)Nc3ccc(C(C)(C)C)cc3)n2)CC1. The summed E-state index contributed by atoms with van der Waals surface area (Å²) in [6.07, 6.45) is 3.94. The van der Waals surface area contributed by atoms with Gasteiger partial charge in [-0.15, -0.1) is 0 Å². The third kappa shape index (κ3) is 4.40. The van der Waals surface area contributed by atoms with Gasteiger partial charge in [-0.1, -0.05) is 39.8 Å². The van der Waals surface area contributed by atoms with Crippen LogP contribution in [0.4, 0.5) is 11.6 Å². The van der Waals surface area contributed by atoms with Gasteiger partial charge >= 0.3 is 0 Å². The van der Waals surface area contributed by atoms with Crippen LogP contribution in [0.5, 0.6) is 0 Å². The molecule has 1 fully saturated rings. The Balaban J connectivity index is 1.69. The van der Waals surface area contributed by atoms with Crippen molar-refractivity contribution in [2.45, 2.75) is 46.0 Å². The lowest BCUT2D eigenvalue weighted by atomic mass is 9.87. The third-order valence-electron chi connectivity index (χ3n) is 4.95. The molecule has 0 saturated carbocycles. The van der Waals surface area contributed by atoms with Crippen LogP contribution in [0.3, 0.4) is 0 Å². The minimum Gasteiger partial charge on any atom is -0.341 e. The summed E-state index contributed by atoms with van der Waals surface area (Å²) in [6, 6.07) is 9.64. The number of hydrogen-bond donors (Lipinski definition) is 1. The molecule has 1 aromatic carbocycles. The van der Waals surface area contributed by atoms with Crippen molar-refractivity contribution >= 4 is 17.5 Å². The summed E-state index contributed by atoms with van der Waals surface area (Å²) in [5.74, 6) is 1.18.